The fourth-order valence-electron chi connectivity index (χ4n) is 2.31. The predicted octanol–water partition coefficient (Wildman–Crippen LogP) is 2.47. The molecule has 0 radical (unpaired) electrons. The molecule has 110 valence electrons. The molecule has 0 amide bonds. The highest BCUT2D eigenvalue weighted by Crippen LogP contribution is 2.24. The van der Waals surface area contributed by atoms with Crippen LogP contribution in [-0.4, -0.2) is 47.0 Å². The van der Waals surface area contributed by atoms with E-state index in [0.29, 0.717) is 0 Å². The Morgan fingerprint density at radius 1 is 1.35 bits per heavy atom. The van der Waals surface area contributed by atoms with Crippen LogP contribution in [0.15, 0.2) is 5.38 Å². The first kappa shape index (κ1) is 15.4. The Morgan fingerprint density at radius 2 is 2.00 bits per heavy atom. The molecule has 1 aliphatic rings. The highest BCUT2D eigenvalue weighted by Gasteiger charge is 2.22. The van der Waals surface area contributed by atoms with E-state index >= 15 is 0 Å². The zero-order valence-electron chi connectivity index (χ0n) is 12.9. The van der Waals surface area contributed by atoms with Crippen molar-refractivity contribution >= 4 is 11.3 Å². The normalized spacial score (nSPS) is 19.8. The first-order valence-electron chi connectivity index (χ1n) is 7.21. The zero-order chi connectivity index (χ0) is 14.8. The van der Waals surface area contributed by atoms with E-state index in [0.717, 1.165) is 32.7 Å². The van der Waals surface area contributed by atoms with Crippen molar-refractivity contribution in [2.24, 2.45) is 0 Å². The minimum atomic E-state index is 0.0319. The molecule has 0 N–H and O–H groups in total. The highest BCUT2D eigenvalue weighted by molar-refractivity contribution is 7.09. The van der Waals surface area contributed by atoms with Crippen molar-refractivity contribution in [3.63, 3.8) is 0 Å². The first-order chi connectivity index (χ1) is 9.40. The lowest BCUT2D eigenvalue weighted by molar-refractivity contribution is 0.114. The number of hydrogen-bond acceptors (Lipinski definition) is 5. The van der Waals surface area contributed by atoms with Gasteiger partial charge in [-0.1, -0.05) is 20.8 Å². The van der Waals surface area contributed by atoms with Crippen LogP contribution in [0.1, 0.15) is 38.4 Å². The third-order valence-corrected chi connectivity index (χ3v) is 4.65. The van der Waals surface area contributed by atoms with E-state index in [4.69, 9.17) is 10.2 Å². The summed E-state index contributed by atoms with van der Waals surface area (Å²) in [5, 5.41) is 12.3. The molecule has 0 bridgehead atoms. The molecule has 1 unspecified atom stereocenters. The molecule has 20 heavy (non-hydrogen) atoms. The van der Waals surface area contributed by atoms with Gasteiger partial charge in [-0.2, -0.15) is 5.26 Å². The van der Waals surface area contributed by atoms with Crippen LogP contribution in [0.4, 0.5) is 0 Å². The van der Waals surface area contributed by atoms with Crippen LogP contribution in [0.2, 0.25) is 0 Å². The third-order valence-electron chi connectivity index (χ3n) is 3.82. The maximum atomic E-state index is 8.95. The summed E-state index contributed by atoms with van der Waals surface area (Å²) in [6.45, 7) is 13.5. The first-order valence-corrected chi connectivity index (χ1v) is 8.09. The minimum Gasteiger partial charge on any atom is -0.294 e. The van der Waals surface area contributed by atoms with Crippen molar-refractivity contribution in [2.45, 2.75) is 45.7 Å². The van der Waals surface area contributed by atoms with Crippen molar-refractivity contribution in [2.75, 3.05) is 26.2 Å². The minimum absolute atomic E-state index is 0.0319. The number of nitriles is 1. The van der Waals surface area contributed by atoms with Crippen molar-refractivity contribution in [3.05, 3.63) is 16.1 Å². The number of thiazole rings is 1. The Bertz CT molecular complexity index is 475. The van der Waals surface area contributed by atoms with E-state index in [-0.39, 0.29) is 11.5 Å². The second-order valence-corrected chi connectivity index (χ2v) is 7.44. The number of hydrogen-bond donors (Lipinski definition) is 0. The second kappa shape index (κ2) is 6.21. The molecule has 2 heterocycles. The average molecular weight is 292 g/mol. The van der Waals surface area contributed by atoms with Gasteiger partial charge in [-0.05, 0) is 6.92 Å². The molecular formula is C15H24N4S. The van der Waals surface area contributed by atoms with Gasteiger partial charge in [0.2, 0.25) is 0 Å². The Kier molecular flexibility index (Phi) is 4.79. The summed E-state index contributed by atoms with van der Waals surface area (Å²) < 4.78 is 0. The summed E-state index contributed by atoms with van der Waals surface area (Å²) >= 11 is 1.76. The van der Waals surface area contributed by atoms with E-state index in [1.54, 1.807) is 11.3 Å². The third kappa shape index (κ3) is 3.78. The number of nitrogens with zero attached hydrogens (tertiary/aromatic N) is 4. The zero-order valence-corrected chi connectivity index (χ0v) is 13.7. The smallest absolute Gasteiger partial charge is 0.107 e. The molecule has 1 aromatic heterocycles. The Hall–Kier alpha value is -0.960. The molecule has 0 aliphatic carbocycles. The van der Waals surface area contributed by atoms with Gasteiger partial charge in [-0.25, -0.2) is 4.98 Å². The van der Waals surface area contributed by atoms with Crippen LogP contribution in [0.3, 0.4) is 0 Å². The summed E-state index contributed by atoms with van der Waals surface area (Å²) in [4.78, 5) is 9.44. The highest BCUT2D eigenvalue weighted by atomic mass is 32.1. The van der Waals surface area contributed by atoms with E-state index in [1.807, 2.05) is 6.92 Å². The lowest BCUT2D eigenvalue weighted by Gasteiger charge is -2.35. The summed E-state index contributed by atoms with van der Waals surface area (Å²) in [6.07, 6.45) is 0. The maximum absolute atomic E-state index is 8.95. The van der Waals surface area contributed by atoms with Crippen molar-refractivity contribution in [1.29, 1.82) is 5.26 Å². The van der Waals surface area contributed by atoms with E-state index < -0.39 is 0 Å². The molecule has 1 fully saturated rings. The van der Waals surface area contributed by atoms with Crippen LogP contribution in [-0.2, 0) is 12.0 Å². The lowest BCUT2D eigenvalue weighted by atomic mass is 9.93. The second-order valence-electron chi connectivity index (χ2n) is 6.49. The summed E-state index contributed by atoms with van der Waals surface area (Å²) in [6, 6.07) is 2.35. The number of aromatic nitrogens is 1. The molecule has 1 aliphatic heterocycles. The Labute approximate surface area is 126 Å². The topological polar surface area (TPSA) is 43.2 Å². The van der Waals surface area contributed by atoms with Gasteiger partial charge in [0, 0.05) is 37.0 Å². The van der Waals surface area contributed by atoms with Gasteiger partial charge >= 0.3 is 0 Å². The maximum Gasteiger partial charge on any atom is 0.107 e. The monoisotopic (exact) mass is 292 g/mol. The number of piperazine rings is 1. The summed E-state index contributed by atoms with van der Waals surface area (Å²) in [5.41, 5.74) is 1.32. The number of rotatable bonds is 3. The summed E-state index contributed by atoms with van der Waals surface area (Å²) in [7, 11) is 0. The van der Waals surface area contributed by atoms with Crippen LogP contribution in [0.5, 0.6) is 0 Å². The van der Waals surface area contributed by atoms with Gasteiger partial charge in [0.15, 0.2) is 0 Å². The SMILES string of the molecule is CC(C#N)N1CCN(Cc2nc(C(C)(C)C)cs2)CC1. The Balaban J connectivity index is 1.87. The molecule has 4 nitrogen and oxygen atoms in total. The van der Waals surface area contributed by atoms with Gasteiger partial charge < -0.3 is 0 Å². The quantitative estimate of drug-likeness (QED) is 0.858. The van der Waals surface area contributed by atoms with Gasteiger partial charge in [0.25, 0.3) is 0 Å². The van der Waals surface area contributed by atoms with Crippen LogP contribution in [0.25, 0.3) is 0 Å². The standard InChI is InChI=1S/C15H24N4S/c1-12(9-16)19-7-5-18(6-8-19)10-14-17-13(11-20-14)15(2,3)4/h11-12H,5-8,10H2,1-4H3. The molecule has 2 rings (SSSR count). The molecule has 1 atom stereocenters. The van der Waals surface area contributed by atoms with E-state index in [9.17, 15) is 0 Å². The molecule has 0 spiro atoms. The van der Waals surface area contributed by atoms with Gasteiger partial charge in [-0.15, -0.1) is 11.3 Å². The van der Waals surface area contributed by atoms with Crippen LogP contribution < -0.4 is 0 Å². The fourth-order valence-corrected chi connectivity index (χ4v) is 3.37. The van der Waals surface area contributed by atoms with Gasteiger partial charge in [0.05, 0.1) is 24.3 Å². The fraction of sp³-hybridized carbons (Fsp3) is 0.733. The molecule has 1 saturated heterocycles. The van der Waals surface area contributed by atoms with Crippen LogP contribution >= 0.6 is 11.3 Å². The van der Waals surface area contributed by atoms with Gasteiger partial charge in [-0.3, -0.25) is 9.80 Å². The molecular weight excluding hydrogens is 268 g/mol. The molecule has 0 saturated carbocycles. The van der Waals surface area contributed by atoms with Crippen LogP contribution in [0, 0.1) is 11.3 Å². The lowest BCUT2D eigenvalue weighted by Crippen LogP contribution is -2.48. The van der Waals surface area contributed by atoms with Crippen molar-refractivity contribution in [3.8, 4) is 6.07 Å². The van der Waals surface area contributed by atoms with Gasteiger partial charge in [0.1, 0.15) is 5.01 Å². The van der Waals surface area contributed by atoms with Crippen molar-refractivity contribution in [1.82, 2.24) is 14.8 Å². The average Bonchev–Trinajstić information content (AvgIpc) is 2.87. The summed E-state index contributed by atoms with van der Waals surface area (Å²) in [5.74, 6) is 0. The predicted molar refractivity (Wildman–Crippen MR) is 82.7 cm³/mol. The Morgan fingerprint density at radius 3 is 2.50 bits per heavy atom. The largest absolute Gasteiger partial charge is 0.294 e. The molecule has 5 heteroatoms. The molecule has 1 aromatic rings. The van der Waals surface area contributed by atoms with E-state index in [1.165, 1.54) is 10.7 Å². The molecule has 0 aromatic carbocycles. The van der Waals surface area contributed by atoms with Crippen molar-refractivity contribution < 1.29 is 0 Å². The van der Waals surface area contributed by atoms with E-state index in [2.05, 4.69) is 42.0 Å².